The van der Waals surface area contributed by atoms with E-state index >= 15 is 0 Å². The highest BCUT2D eigenvalue weighted by molar-refractivity contribution is 5.98. The summed E-state index contributed by atoms with van der Waals surface area (Å²) in [4.78, 5) is 14.3. The molecule has 1 heterocycles. The molecular formula is C22H30N2O3. The molecule has 0 spiro atoms. The number of likely N-dealkylation sites (N-methyl/N-ethyl adjacent to an activating group) is 1. The van der Waals surface area contributed by atoms with Crippen LogP contribution in [0.3, 0.4) is 0 Å². The number of carbonyl (C=O) groups is 1. The highest BCUT2D eigenvalue weighted by Crippen LogP contribution is 2.40. The molecule has 0 atom stereocenters. The Kier molecular flexibility index (Phi) is 5.90. The molecule has 0 bridgehead atoms. The number of allylic oxidation sites excluding steroid dienone is 1. The van der Waals surface area contributed by atoms with Crippen LogP contribution in [0.2, 0.25) is 0 Å². The number of amides is 1. The number of benzene rings is 1. The van der Waals surface area contributed by atoms with Crippen LogP contribution in [0.15, 0.2) is 16.6 Å². The fourth-order valence-corrected chi connectivity index (χ4v) is 3.82. The van der Waals surface area contributed by atoms with Crippen LogP contribution in [0, 0.1) is 6.92 Å². The van der Waals surface area contributed by atoms with Crippen molar-refractivity contribution >= 4 is 22.4 Å². The van der Waals surface area contributed by atoms with Gasteiger partial charge in [-0.2, -0.15) is 0 Å². The minimum Gasteiger partial charge on any atom is -0.496 e. The number of furan rings is 1. The topological polar surface area (TPSA) is 54.7 Å². The van der Waals surface area contributed by atoms with E-state index in [0.717, 1.165) is 53.2 Å². The third-order valence-corrected chi connectivity index (χ3v) is 5.26. The van der Waals surface area contributed by atoms with Gasteiger partial charge in [-0.05, 0) is 58.8 Å². The maximum absolute atomic E-state index is 12.3. The summed E-state index contributed by atoms with van der Waals surface area (Å²) < 4.78 is 11.9. The van der Waals surface area contributed by atoms with Crippen LogP contribution < -0.4 is 10.1 Å². The summed E-state index contributed by atoms with van der Waals surface area (Å²) in [5.74, 6) is 1.81. The Balaban J connectivity index is 1.97. The zero-order valence-electron chi connectivity index (χ0n) is 17.1. The third-order valence-electron chi connectivity index (χ3n) is 5.26. The van der Waals surface area contributed by atoms with Gasteiger partial charge in [-0.1, -0.05) is 0 Å². The number of rotatable bonds is 6. The predicted octanol–water partition coefficient (Wildman–Crippen LogP) is 3.71. The Bertz CT molecular complexity index is 878. The van der Waals surface area contributed by atoms with Gasteiger partial charge in [0.15, 0.2) is 0 Å². The van der Waals surface area contributed by atoms with Gasteiger partial charge in [-0.3, -0.25) is 4.79 Å². The molecule has 1 aromatic heterocycles. The summed E-state index contributed by atoms with van der Waals surface area (Å²) in [6.45, 7) is 5.43. The normalized spacial score (nSPS) is 14.5. The molecule has 0 aliphatic heterocycles. The van der Waals surface area contributed by atoms with Crippen molar-refractivity contribution in [2.75, 3.05) is 34.3 Å². The van der Waals surface area contributed by atoms with Crippen molar-refractivity contribution in [1.29, 1.82) is 0 Å². The minimum absolute atomic E-state index is 0.0802. The molecule has 1 aliphatic rings. The maximum Gasteiger partial charge on any atom is 0.244 e. The minimum atomic E-state index is -0.0802. The zero-order valence-corrected chi connectivity index (χ0v) is 17.1. The molecule has 0 unspecified atom stereocenters. The molecule has 0 radical (unpaired) electrons. The fraction of sp³-hybridized carbons (Fsp3) is 0.500. The molecule has 27 heavy (non-hydrogen) atoms. The molecule has 0 saturated heterocycles. The average molecular weight is 370 g/mol. The zero-order chi connectivity index (χ0) is 19.6. The molecule has 3 rings (SSSR count). The van der Waals surface area contributed by atoms with Crippen LogP contribution in [0.5, 0.6) is 5.75 Å². The summed E-state index contributed by atoms with van der Waals surface area (Å²) in [5, 5.41) is 4.10. The Morgan fingerprint density at radius 3 is 2.78 bits per heavy atom. The van der Waals surface area contributed by atoms with Crippen molar-refractivity contribution in [1.82, 2.24) is 10.2 Å². The number of hydrogen-bond donors (Lipinski definition) is 1. The monoisotopic (exact) mass is 370 g/mol. The van der Waals surface area contributed by atoms with Crippen molar-refractivity contribution in [3.8, 4) is 5.75 Å². The second kappa shape index (κ2) is 8.17. The molecule has 0 saturated carbocycles. The lowest BCUT2D eigenvalue weighted by atomic mass is 9.93. The van der Waals surface area contributed by atoms with Gasteiger partial charge < -0.3 is 19.4 Å². The number of ether oxygens (including phenoxy) is 1. The summed E-state index contributed by atoms with van der Waals surface area (Å²) in [7, 11) is 5.65. The Hall–Kier alpha value is -2.27. The van der Waals surface area contributed by atoms with E-state index < -0.39 is 0 Å². The van der Waals surface area contributed by atoms with Crippen LogP contribution in [0.1, 0.15) is 42.2 Å². The molecule has 5 heteroatoms. The van der Waals surface area contributed by atoms with Crippen LogP contribution in [0.25, 0.3) is 16.5 Å². The van der Waals surface area contributed by atoms with Crippen LogP contribution in [-0.4, -0.2) is 45.1 Å². The first-order chi connectivity index (χ1) is 12.9. The highest BCUT2D eigenvalue weighted by Gasteiger charge is 2.23. The second-order valence-electron chi connectivity index (χ2n) is 7.59. The van der Waals surface area contributed by atoms with Gasteiger partial charge in [0.1, 0.15) is 17.1 Å². The number of fused-ring (bicyclic) bond motifs is 3. The van der Waals surface area contributed by atoms with Gasteiger partial charge in [0.05, 0.1) is 7.11 Å². The first-order valence-electron chi connectivity index (χ1n) is 9.65. The van der Waals surface area contributed by atoms with E-state index in [4.69, 9.17) is 9.15 Å². The van der Waals surface area contributed by atoms with E-state index in [1.54, 1.807) is 13.2 Å². The standard InChI is InChI=1S/C22H30N2O3/c1-14(12-20(25)23-10-11-24(3)4)17-13-18-16-8-6-7-9-19(16)27-22(18)15(2)21(17)26-5/h12-13H,6-11H2,1-5H3,(H,23,25)/b14-12+. The fourth-order valence-electron chi connectivity index (χ4n) is 3.82. The lowest BCUT2D eigenvalue weighted by Gasteiger charge is -2.14. The van der Waals surface area contributed by atoms with Gasteiger partial charge in [-0.15, -0.1) is 0 Å². The first-order valence-corrected chi connectivity index (χ1v) is 9.65. The van der Waals surface area contributed by atoms with Crippen molar-refractivity contribution < 1.29 is 13.9 Å². The van der Waals surface area contributed by atoms with Crippen LogP contribution in [-0.2, 0) is 17.6 Å². The Labute approximate surface area is 161 Å². The quantitative estimate of drug-likeness (QED) is 0.788. The van der Waals surface area contributed by atoms with Crippen molar-refractivity contribution in [2.45, 2.75) is 39.5 Å². The van der Waals surface area contributed by atoms with Gasteiger partial charge in [0.2, 0.25) is 5.91 Å². The molecular weight excluding hydrogens is 340 g/mol. The molecule has 5 nitrogen and oxygen atoms in total. The van der Waals surface area contributed by atoms with E-state index in [1.165, 1.54) is 23.8 Å². The Morgan fingerprint density at radius 1 is 1.33 bits per heavy atom. The van der Waals surface area contributed by atoms with Crippen LogP contribution >= 0.6 is 0 Å². The summed E-state index contributed by atoms with van der Waals surface area (Å²) >= 11 is 0. The Morgan fingerprint density at radius 2 is 2.07 bits per heavy atom. The van der Waals surface area contributed by atoms with E-state index in [9.17, 15) is 4.79 Å². The van der Waals surface area contributed by atoms with E-state index in [0.29, 0.717) is 6.54 Å². The molecule has 1 amide bonds. The van der Waals surface area contributed by atoms with Gasteiger partial charge >= 0.3 is 0 Å². The van der Waals surface area contributed by atoms with E-state index in [1.807, 2.05) is 32.8 Å². The lowest BCUT2D eigenvalue weighted by Crippen LogP contribution is -2.30. The smallest absolute Gasteiger partial charge is 0.244 e. The second-order valence-corrected chi connectivity index (χ2v) is 7.59. The van der Waals surface area contributed by atoms with E-state index in [-0.39, 0.29) is 5.91 Å². The predicted molar refractivity (Wildman–Crippen MR) is 109 cm³/mol. The van der Waals surface area contributed by atoms with Gasteiger partial charge in [0, 0.05) is 47.7 Å². The SMILES string of the molecule is COc1c(/C(C)=C/C(=O)NCCN(C)C)cc2c3c(oc2c1C)CCCC3. The molecule has 1 aliphatic carbocycles. The summed E-state index contributed by atoms with van der Waals surface area (Å²) in [6.07, 6.45) is 6.10. The van der Waals surface area contributed by atoms with Crippen LogP contribution in [0.4, 0.5) is 0 Å². The largest absolute Gasteiger partial charge is 0.496 e. The van der Waals surface area contributed by atoms with Gasteiger partial charge in [0.25, 0.3) is 0 Å². The summed E-state index contributed by atoms with van der Waals surface area (Å²) in [5.41, 5.74) is 5.10. The first kappa shape index (κ1) is 19.5. The molecule has 0 fully saturated rings. The van der Waals surface area contributed by atoms with Crippen molar-refractivity contribution in [2.24, 2.45) is 0 Å². The maximum atomic E-state index is 12.3. The molecule has 1 N–H and O–H groups in total. The highest BCUT2D eigenvalue weighted by atomic mass is 16.5. The molecule has 146 valence electrons. The number of nitrogens with zero attached hydrogens (tertiary/aromatic N) is 1. The van der Waals surface area contributed by atoms with Crippen molar-refractivity contribution in [3.05, 3.63) is 34.6 Å². The molecule has 1 aromatic carbocycles. The number of carbonyl (C=O) groups excluding carboxylic acids is 1. The van der Waals surface area contributed by atoms with Crippen molar-refractivity contribution in [3.63, 3.8) is 0 Å². The third kappa shape index (κ3) is 4.03. The summed E-state index contributed by atoms with van der Waals surface area (Å²) in [6, 6.07) is 2.13. The van der Waals surface area contributed by atoms with Gasteiger partial charge in [-0.25, -0.2) is 0 Å². The lowest BCUT2D eigenvalue weighted by molar-refractivity contribution is -0.116. The number of nitrogens with one attached hydrogen (secondary N) is 1. The average Bonchev–Trinajstić information content (AvgIpc) is 3.00. The number of methoxy groups -OCH3 is 1. The molecule has 2 aromatic rings. The van der Waals surface area contributed by atoms with E-state index in [2.05, 4.69) is 11.4 Å². The number of aryl methyl sites for hydroxylation is 3. The number of hydrogen-bond acceptors (Lipinski definition) is 4.